The van der Waals surface area contributed by atoms with Gasteiger partial charge in [-0.1, -0.05) is 36.5 Å². The molecule has 0 aliphatic heterocycles. The van der Waals surface area contributed by atoms with Crippen LogP contribution in [0.5, 0.6) is 0 Å². The highest BCUT2D eigenvalue weighted by Gasteiger charge is 2.62. The summed E-state index contributed by atoms with van der Waals surface area (Å²) in [4.78, 5) is 14.7. The van der Waals surface area contributed by atoms with E-state index in [9.17, 15) is 18.3 Å². The van der Waals surface area contributed by atoms with Crippen LogP contribution >= 0.6 is 0 Å². The van der Waals surface area contributed by atoms with E-state index in [1.54, 1.807) is 24.3 Å². The van der Waals surface area contributed by atoms with E-state index in [-0.39, 0.29) is 16.6 Å². The van der Waals surface area contributed by atoms with Crippen LogP contribution in [-0.4, -0.2) is 57.4 Å². The van der Waals surface area contributed by atoms with Crippen molar-refractivity contribution in [2.75, 3.05) is 33.1 Å². The van der Waals surface area contributed by atoms with Gasteiger partial charge >= 0.3 is 0 Å². The SMILES string of the molecule is CN(C)c1ccc([C@H]2C[C@@]3(C)[C@@H](CC[C@@]3(O)C#Cc3ccc(S(=O)(=O)N(C)C)cc3)[C@@H]3CCC4=CC(=O)CCC4=C32)cc1. The third kappa shape index (κ3) is 4.98. The third-order valence-electron chi connectivity index (χ3n) is 10.7. The minimum atomic E-state index is -3.52. The van der Waals surface area contributed by atoms with Gasteiger partial charge in [0.25, 0.3) is 0 Å². The van der Waals surface area contributed by atoms with E-state index < -0.39 is 21.0 Å². The summed E-state index contributed by atoms with van der Waals surface area (Å²) in [7, 11) is 3.61. The van der Waals surface area contributed by atoms with Crippen LogP contribution in [-0.2, 0) is 14.8 Å². The van der Waals surface area contributed by atoms with E-state index in [2.05, 4.69) is 47.9 Å². The summed E-state index contributed by atoms with van der Waals surface area (Å²) in [6.07, 6.45) is 7.52. The molecular weight excluding hydrogens is 556 g/mol. The van der Waals surface area contributed by atoms with E-state index in [0.29, 0.717) is 30.2 Å². The average Bonchev–Trinajstić information content (AvgIpc) is 3.25. The summed E-state index contributed by atoms with van der Waals surface area (Å²) in [5.74, 6) is 7.58. The zero-order chi connectivity index (χ0) is 30.7. The van der Waals surface area contributed by atoms with E-state index in [4.69, 9.17) is 0 Å². The van der Waals surface area contributed by atoms with Gasteiger partial charge < -0.3 is 10.0 Å². The molecule has 2 saturated carbocycles. The van der Waals surface area contributed by atoms with Crippen molar-refractivity contribution in [3.63, 3.8) is 0 Å². The number of benzene rings is 2. The maximum absolute atomic E-state index is 12.5. The third-order valence-corrected chi connectivity index (χ3v) is 12.6. The second-order valence-electron chi connectivity index (χ2n) is 13.4. The molecule has 0 amide bonds. The van der Waals surface area contributed by atoms with Crippen LogP contribution in [0.15, 0.2) is 76.2 Å². The first-order valence-corrected chi connectivity index (χ1v) is 16.8. The standard InChI is InChI=1S/C36H42N2O4S/c1-35-23-32(25-8-11-27(12-9-25)37(2)3)34-30-17-13-28(39)22-26(30)10-16-31(34)33(35)19-21-36(35,40)20-18-24-6-14-29(15-7-24)43(41,42)38(4)5/h6-9,11-12,14-15,22,31-33,40H,10,13,16-17,19,21,23H2,1-5H3/t31-,32+,33-,35-,36-/m0/s1. The van der Waals surface area contributed by atoms with E-state index >= 15 is 0 Å². The van der Waals surface area contributed by atoms with Crippen LogP contribution in [0.4, 0.5) is 5.69 Å². The van der Waals surface area contributed by atoms with Crippen molar-refractivity contribution in [2.45, 2.75) is 68.3 Å². The summed E-state index contributed by atoms with van der Waals surface area (Å²) in [5.41, 5.74) is 5.64. The molecule has 0 radical (unpaired) electrons. The highest BCUT2D eigenvalue weighted by molar-refractivity contribution is 7.89. The molecule has 6 rings (SSSR count). The van der Waals surface area contributed by atoms with E-state index in [0.717, 1.165) is 37.8 Å². The molecule has 1 N–H and O–H groups in total. The van der Waals surface area contributed by atoms with Crippen LogP contribution in [0.3, 0.4) is 0 Å². The van der Waals surface area contributed by atoms with Crippen molar-refractivity contribution in [3.8, 4) is 11.8 Å². The topological polar surface area (TPSA) is 77.9 Å². The van der Waals surface area contributed by atoms with Gasteiger partial charge in [0.1, 0.15) is 5.60 Å². The molecule has 4 aliphatic rings. The van der Waals surface area contributed by atoms with E-state index in [1.807, 2.05) is 20.2 Å². The molecule has 2 aromatic carbocycles. The number of nitrogens with zero attached hydrogens (tertiary/aromatic N) is 2. The number of anilines is 1. The van der Waals surface area contributed by atoms with Crippen molar-refractivity contribution in [2.24, 2.45) is 17.3 Å². The number of hydrogen-bond acceptors (Lipinski definition) is 5. The fourth-order valence-electron chi connectivity index (χ4n) is 8.27. The number of rotatable bonds is 4. The van der Waals surface area contributed by atoms with Gasteiger partial charge in [-0.2, -0.15) is 0 Å². The summed E-state index contributed by atoms with van der Waals surface area (Å²) >= 11 is 0. The first-order chi connectivity index (χ1) is 20.3. The number of carbonyl (C=O) groups is 1. The van der Waals surface area contributed by atoms with Crippen LogP contribution in [0.1, 0.15) is 68.9 Å². The molecule has 0 heterocycles. The van der Waals surface area contributed by atoms with Crippen LogP contribution in [0.2, 0.25) is 0 Å². The molecule has 2 aromatic rings. The first kappa shape index (κ1) is 29.9. The van der Waals surface area contributed by atoms with Crippen molar-refractivity contribution in [3.05, 3.63) is 82.5 Å². The maximum atomic E-state index is 12.5. The van der Waals surface area contributed by atoms with Gasteiger partial charge in [0.15, 0.2) is 5.78 Å². The molecule has 6 nitrogen and oxygen atoms in total. The van der Waals surface area contributed by atoms with Crippen molar-refractivity contribution in [1.29, 1.82) is 0 Å². The molecule has 5 atom stereocenters. The number of aliphatic hydroxyl groups is 1. The fourth-order valence-corrected chi connectivity index (χ4v) is 9.17. The zero-order valence-corrected chi connectivity index (χ0v) is 26.7. The molecule has 0 bridgehead atoms. The van der Waals surface area contributed by atoms with Gasteiger partial charge in [-0.15, -0.1) is 0 Å². The highest BCUT2D eigenvalue weighted by atomic mass is 32.2. The van der Waals surface area contributed by atoms with Crippen molar-refractivity contribution >= 4 is 21.5 Å². The van der Waals surface area contributed by atoms with Gasteiger partial charge in [0.05, 0.1) is 4.90 Å². The van der Waals surface area contributed by atoms with Gasteiger partial charge in [-0.25, -0.2) is 12.7 Å². The zero-order valence-electron chi connectivity index (χ0n) is 25.9. The van der Waals surface area contributed by atoms with Gasteiger partial charge in [-0.05, 0) is 110 Å². The monoisotopic (exact) mass is 598 g/mol. The number of hydrogen-bond donors (Lipinski definition) is 1. The Morgan fingerprint density at radius 1 is 0.930 bits per heavy atom. The lowest BCUT2D eigenvalue weighted by Gasteiger charge is -2.53. The lowest BCUT2D eigenvalue weighted by atomic mass is 9.51. The minimum Gasteiger partial charge on any atom is -0.378 e. The molecule has 4 aliphatic carbocycles. The largest absolute Gasteiger partial charge is 0.378 e. The predicted molar refractivity (Wildman–Crippen MR) is 170 cm³/mol. The Balaban J connectivity index is 1.40. The van der Waals surface area contributed by atoms with Crippen LogP contribution in [0.25, 0.3) is 0 Å². The van der Waals surface area contributed by atoms with Gasteiger partial charge in [0.2, 0.25) is 10.0 Å². The Kier molecular flexibility index (Phi) is 7.48. The van der Waals surface area contributed by atoms with Crippen LogP contribution in [0, 0.1) is 29.1 Å². The smallest absolute Gasteiger partial charge is 0.242 e. The Bertz CT molecular complexity index is 1670. The molecule has 0 unspecified atom stereocenters. The Morgan fingerprint density at radius 3 is 2.28 bits per heavy atom. The number of allylic oxidation sites excluding steroid dienone is 4. The van der Waals surface area contributed by atoms with Gasteiger partial charge in [-0.3, -0.25) is 4.79 Å². The lowest BCUT2D eigenvalue weighted by Crippen LogP contribution is -2.51. The maximum Gasteiger partial charge on any atom is 0.242 e. The minimum absolute atomic E-state index is 0.149. The van der Waals surface area contributed by atoms with Crippen molar-refractivity contribution in [1.82, 2.24) is 4.31 Å². The quantitative estimate of drug-likeness (QED) is 0.458. The summed E-state index contributed by atoms with van der Waals surface area (Å²) in [6.45, 7) is 2.24. The number of fused-ring (bicyclic) bond motifs is 4. The summed E-state index contributed by atoms with van der Waals surface area (Å²) in [6, 6.07) is 15.4. The normalized spacial score (nSPS) is 30.2. The number of sulfonamides is 1. The first-order valence-electron chi connectivity index (χ1n) is 15.4. The molecule has 0 saturated heterocycles. The molecule has 43 heavy (non-hydrogen) atoms. The Hall–Kier alpha value is -3.18. The average molecular weight is 599 g/mol. The highest BCUT2D eigenvalue weighted by Crippen LogP contribution is 2.66. The second-order valence-corrected chi connectivity index (χ2v) is 15.6. The summed E-state index contributed by atoms with van der Waals surface area (Å²) in [5, 5.41) is 12.3. The molecule has 0 spiro atoms. The Labute approximate surface area is 256 Å². The molecule has 2 fully saturated rings. The molecular formula is C36H42N2O4S. The predicted octanol–water partition coefficient (Wildman–Crippen LogP) is 5.69. The van der Waals surface area contributed by atoms with Crippen molar-refractivity contribution < 1.29 is 18.3 Å². The molecule has 226 valence electrons. The lowest BCUT2D eigenvalue weighted by molar-refractivity contribution is -0.114. The summed E-state index contributed by atoms with van der Waals surface area (Å²) < 4.78 is 26.2. The van der Waals surface area contributed by atoms with Crippen LogP contribution < -0.4 is 4.90 Å². The molecule has 7 heteroatoms. The fraction of sp³-hybridized carbons (Fsp3) is 0.472. The number of ketones is 1. The van der Waals surface area contributed by atoms with E-state index in [1.165, 1.54) is 40.7 Å². The molecule has 0 aromatic heterocycles. The van der Waals surface area contributed by atoms with Gasteiger partial charge in [0, 0.05) is 57.2 Å². The Morgan fingerprint density at radius 2 is 1.63 bits per heavy atom. The second kappa shape index (κ2) is 10.8. The number of carbonyl (C=O) groups excluding carboxylic acids is 1.